The van der Waals surface area contributed by atoms with Gasteiger partial charge < -0.3 is 15.6 Å². The van der Waals surface area contributed by atoms with Crippen LogP contribution >= 0.6 is 0 Å². The fourth-order valence-corrected chi connectivity index (χ4v) is 3.22. The molecule has 2 heterocycles. The first-order valence-electron chi connectivity index (χ1n) is 8.41. The second-order valence-corrected chi connectivity index (χ2v) is 6.28. The Kier molecular flexibility index (Phi) is 4.12. The zero-order valence-corrected chi connectivity index (χ0v) is 13.9. The number of carbonyl (C=O) groups is 2. The van der Waals surface area contributed by atoms with Crippen LogP contribution in [0.15, 0.2) is 42.5 Å². The quantitative estimate of drug-likeness (QED) is 0.674. The monoisotopic (exact) mass is 352 g/mol. The van der Waals surface area contributed by atoms with Crippen molar-refractivity contribution < 1.29 is 14.0 Å². The van der Waals surface area contributed by atoms with Gasteiger partial charge >= 0.3 is 0 Å². The Morgan fingerprint density at radius 3 is 2.96 bits per heavy atom. The number of rotatable bonds is 4. The molecule has 0 spiro atoms. The number of nitrogens with zero attached hydrogens (tertiary/aromatic N) is 1. The molecule has 132 valence electrons. The van der Waals surface area contributed by atoms with Crippen LogP contribution in [0.3, 0.4) is 0 Å². The second-order valence-electron chi connectivity index (χ2n) is 6.28. The Hall–Kier alpha value is -3.22. The van der Waals surface area contributed by atoms with Crippen molar-refractivity contribution in [3.63, 3.8) is 0 Å². The molecule has 0 radical (unpaired) electrons. The van der Waals surface area contributed by atoms with E-state index in [9.17, 15) is 14.0 Å². The Morgan fingerprint density at radius 2 is 2.12 bits per heavy atom. The second kappa shape index (κ2) is 6.59. The van der Waals surface area contributed by atoms with E-state index in [1.54, 1.807) is 6.07 Å². The summed E-state index contributed by atoms with van der Waals surface area (Å²) in [7, 11) is 0. The van der Waals surface area contributed by atoms with Crippen LogP contribution in [0.4, 0.5) is 10.1 Å². The molecule has 0 aliphatic carbocycles. The summed E-state index contributed by atoms with van der Waals surface area (Å²) in [5.74, 6) is -0.815. The molecular formula is C19H17FN4O2. The highest BCUT2D eigenvalue weighted by Gasteiger charge is 2.30. The molecule has 0 saturated heterocycles. The number of amides is 2. The van der Waals surface area contributed by atoms with Crippen molar-refractivity contribution in [3.8, 4) is 0 Å². The van der Waals surface area contributed by atoms with Gasteiger partial charge in [-0.2, -0.15) is 0 Å². The van der Waals surface area contributed by atoms with Gasteiger partial charge in [0.2, 0.25) is 11.8 Å². The number of imidazole rings is 1. The number of hydrogen-bond acceptors (Lipinski definition) is 3. The highest BCUT2D eigenvalue weighted by Crippen LogP contribution is 2.32. The van der Waals surface area contributed by atoms with E-state index in [0.29, 0.717) is 24.2 Å². The van der Waals surface area contributed by atoms with E-state index in [1.807, 2.05) is 24.3 Å². The summed E-state index contributed by atoms with van der Waals surface area (Å²) in [5.41, 5.74) is 2.83. The summed E-state index contributed by atoms with van der Waals surface area (Å²) in [4.78, 5) is 32.0. The molecule has 0 bridgehead atoms. The molecule has 7 heteroatoms. The van der Waals surface area contributed by atoms with Crippen LogP contribution in [0.2, 0.25) is 0 Å². The van der Waals surface area contributed by atoms with Crippen molar-refractivity contribution in [2.24, 2.45) is 0 Å². The first kappa shape index (κ1) is 16.3. The first-order chi connectivity index (χ1) is 12.6. The summed E-state index contributed by atoms with van der Waals surface area (Å²) in [6.07, 6.45) is 0.602. The molecule has 4 rings (SSSR count). The lowest BCUT2D eigenvalue weighted by Crippen LogP contribution is -2.36. The van der Waals surface area contributed by atoms with Gasteiger partial charge in [-0.05, 0) is 29.8 Å². The SMILES string of the molecule is O=C1C[C@H](C(=O)NCCc2nc3ccccc3[nH]2)c2ccc(F)cc2N1. The van der Waals surface area contributed by atoms with Gasteiger partial charge in [0.1, 0.15) is 11.6 Å². The van der Waals surface area contributed by atoms with E-state index in [4.69, 9.17) is 0 Å². The average Bonchev–Trinajstić information content (AvgIpc) is 3.03. The van der Waals surface area contributed by atoms with Gasteiger partial charge in [-0.25, -0.2) is 9.37 Å². The maximum absolute atomic E-state index is 13.4. The summed E-state index contributed by atoms with van der Waals surface area (Å²) >= 11 is 0. The lowest BCUT2D eigenvalue weighted by Gasteiger charge is -2.24. The molecule has 2 amide bonds. The Labute approximate surface area is 148 Å². The van der Waals surface area contributed by atoms with E-state index in [0.717, 1.165) is 16.9 Å². The van der Waals surface area contributed by atoms with Crippen LogP contribution < -0.4 is 10.6 Å². The van der Waals surface area contributed by atoms with Gasteiger partial charge in [0, 0.05) is 25.1 Å². The first-order valence-corrected chi connectivity index (χ1v) is 8.41. The van der Waals surface area contributed by atoms with Gasteiger partial charge in [0.15, 0.2) is 0 Å². The number of fused-ring (bicyclic) bond motifs is 2. The smallest absolute Gasteiger partial charge is 0.228 e. The van der Waals surface area contributed by atoms with E-state index >= 15 is 0 Å². The minimum absolute atomic E-state index is 0.0507. The van der Waals surface area contributed by atoms with E-state index in [2.05, 4.69) is 20.6 Å². The molecule has 3 aromatic rings. The highest BCUT2D eigenvalue weighted by molar-refractivity contribution is 6.01. The van der Waals surface area contributed by atoms with Crippen molar-refractivity contribution in [1.82, 2.24) is 15.3 Å². The number of aromatic nitrogens is 2. The molecule has 3 N–H and O–H groups in total. The predicted molar refractivity (Wildman–Crippen MR) is 95.2 cm³/mol. The summed E-state index contributed by atoms with van der Waals surface area (Å²) in [6, 6.07) is 11.8. The van der Waals surface area contributed by atoms with Crippen LogP contribution in [-0.2, 0) is 16.0 Å². The van der Waals surface area contributed by atoms with Gasteiger partial charge in [0.05, 0.1) is 17.0 Å². The molecule has 0 saturated carbocycles. The van der Waals surface area contributed by atoms with Crippen molar-refractivity contribution in [1.29, 1.82) is 0 Å². The lowest BCUT2D eigenvalue weighted by atomic mass is 9.89. The van der Waals surface area contributed by atoms with Crippen LogP contribution in [-0.4, -0.2) is 28.3 Å². The minimum Gasteiger partial charge on any atom is -0.355 e. The third-order valence-electron chi connectivity index (χ3n) is 4.47. The highest BCUT2D eigenvalue weighted by atomic mass is 19.1. The third-order valence-corrected chi connectivity index (χ3v) is 4.47. The molecular weight excluding hydrogens is 335 g/mol. The molecule has 1 aliphatic rings. The fraction of sp³-hybridized carbons (Fsp3) is 0.211. The van der Waals surface area contributed by atoms with Crippen molar-refractivity contribution >= 4 is 28.5 Å². The van der Waals surface area contributed by atoms with E-state index in [1.165, 1.54) is 12.1 Å². The maximum Gasteiger partial charge on any atom is 0.228 e. The van der Waals surface area contributed by atoms with Crippen LogP contribution in [0.25, 0.3) is 11.0 Å². The molecule has 1 aromatic heterocycles. The number of H-pyrrole nitrogens is 1. The number of aromatic amines is 1. The molecule has 1 atom stereocenters. The number of para-hydroxylation sites is 2. The molecule has 1 aliphatic heterocycles. The fourth-order valence-electron chi connectivity index (χ4n) is 3.22. The predicted octanol–water partition coefficient (Wildman–Crippen LogP) is 2.49. The zero-order valence-electron chi connectivity index (χ0n) is 13.9. The van der Waals surface area contributed by atoms with E-state index < -0.39 is 11.7 Å². The Bertz CT molecular complexity index is 965. The summed E-state index contributed by atoms with van der Waals surface area (Å²) < 4.78 is 13.4. The number of nitrogens with one attached hydrogen (secondary N) is 3. The minimum atomic E-state index is -0.616. The molecule has 0 fully saturated rings. The number of benzene rings is 2. The summed E-state index contributed by atoms with van der Waals surface area (Å²) in [5, 5.41) is 5.46. The Balaban J connectivity index is 1.43. The number of carbonyl (C=O) groups excluding carboxylic acids is 2. The largest absolute Gasteiger partial charge is 0.355 e. The lowest BCUT2D eigenvalue weighted by molar-refractivity contribution is -0.126. The van der Waals surface area contributed by atoms with Crippen LogP contribution in [0.5, 0.6) is 0 Å². The molecule has 2 aromatic carbocycles. The van der Waals surface area contributed by atoms with Crippen LogP contribution in [0, 0.1) is 5.82 Å². The molecule has 6 nitrogen and oxygen atoms in total. The van der Waals surface area contributed by atoms with Crippen LogP contribution in [0.1, 0.15) is 23.7 Å². The third kappa shape index (κ3) is 3.15. The standard InChI is InChI=1S/C19H17FN4O2/c20-11-5-6-12-13(10-18(25)24-16(12)9-11)19(26)21-8-7-17-22-14-3-1-2-4-15(14)23-17/h1-6,9,13H,7-8,10H2,(H,21,26)(H,22,23)(H,24,25)/t13-/m0/s1. The van der Waals surface area contributed by atoms with Gasteiger partial charge in [-0.3, -0.25) is 9.59 Å². The van der Waals surface area contributed by atoms with Gasteiger partial charge in [-0.1, -0.05) is 18.2 Å². The average molecular weight is 352 g/mol. The van der Waals surface area contributed by atoms with Crippen molar-refractivity contribution in [3.05, 3.63) is 59.7 Å². The van der Waals surface area contributed by atoms with Crippen molar-refractivity contribution in [2.45, 2.75) is 18.8 Å². The molecule has 26 heavy (non-hydrogen) atoms. The number of hydrogen-bond donors (Lipinski definition) is 3. The van der Waals surface area contributed by atoms with Gasteiger partial charge in [-0.15, -0.1) is 0 Å². The van der Waals surface area contributed by atoms with Gasteiger partial charge in [0.25, 0.3) is 0 Å². The number of halogens is 1. The van der Waals surface area contributed by atoms with Crippen molar-refractivity contribution in [2.75, 3.05) is 11.9 Å². The Morgan fingerprint density at radius 1 is 1.27 bits per heavy atom. The normalized spacial score (nSPS) is 16.2. The summed E-state index contributed by atoms with van der Waals surface area (Å²) in [6.45, 7) is 0.396. The zero-order chi connectivity index (χ0) is 18.1. The number of anilines is 1. The van der Waals surface area contributed by atoms with E-state index in [-0.39, 0.29) is 18.2 Å². The topological polar surface area (TPSA) is 86.9 Å². The maximum atomic E-state index is 13.4. The molecule has 0 unspecified atom stereocenters.